The standard InChI is InChI=1S/C13H18ClNO2/c1-10(14)12(16)15-9-13(2,3)17-11-7-5-4-6-8-11/h4-8,10H,9H2,1-3H3,(H,15,16). The van der Waals surface area contributed by atoms with Crippen LogP contribution in [-0.4, -0.2) is 23.4 Å². The molecule has 0 aliphatic carbocycles. The molecule has 0 bridgehead atoms. The Bertz CT molecular complexity index is 363. The van der Waals surface area contributed by atoms with Gasteiger partial charge in [-0.3, -0.25) is 4.79 Å². The van der Waals surface area contributed by atoms with Crippen molar-refractivity contribution >= 4 is 17.5 Å². The van der Waals surface area contributed by atoms with Crippen LogP contribution >= 0.6 is 11.6 Å². The van der Waals surface area contributed by atoms with Gasteiger partial charge in [-0.15, -0.1) is 11.6 Å². The van der Waals surface area contributed by atoms with Crippen LogP contribution in [0.5, 0.6) is 5.75 Å². The zero-order valence-electron chi connectivity index (χ0n) is 10.4. The maximum absolute atomic E-state index is 11.3. The van der Waals surface area contributed by atoms with E-state index in [1.807, 2.05) is 44.2 Å². The number of amides is 1. The van der Waals surface area contributed by atoms with Crippen LogP contribution < -0.4 is 10.1 Å². The van der Waals surface area contributed by atoms with Gasteiger partial charge in [-0.05, 0) is 32.9 Å². The normalized spacial score (nSPS) is 12.9. The van der Waals surface area contributed by atoms with Crippen molar-refractivity contribution in [2.45, 2.75) is 31.7 Å². The summed E-state index contributed by atoms with van der Waals surface area (Å²) >= 11 is 5.66. The smallest absolute Gasteiger partial charge is 0.237 e. The van der Waals surface area contributed by atoms with Crippen LogP contribution in [0.2, 0.25) is 0 Å². The average Bonchev–Trinajstić information content (AvgIpc) is 2.26. The molecule has 0 aromatic heterocycles. The highest BCUT2D eigenvalue weighted by molar-refractivity contribution is 6.30. The van der Waals surface area contributed by atoms with Gasteiger partial charge < -0.3 is 10.1 Å². The predicted molar refractivity (Wildman–Crippen MR) is 69.5 cm³/mol. The number of carbonyl (C=O) groups is 1. The van der Waals surface area contributed by atoms with Gasteiger partial charge in [0.2, 0.25) is 5.91 Å². The summed E-state index contributed by atoms with van der Waals surface area (Å²) in [6.45, 7) is 5.89. The largest absolute Gasteiger partial charge is 0.486 e. The fraction of sp³-hybridized carbons (Fsp3) is 0.462. The molecule has 1 aromatic carbocycles. The molecule has 1 amide bonds. The molecule has 0 aliphatic rings. The summed E-state index contributed by atoms with van der Waals surface area (Å²) in [5.41, 5.74) is -0.469. The molecule has 3 nitrogen and oxygen atoms in total. The van der Waals surface area contributed by atoms with E-state index in [4.69, 9.17) is 16.3 Å². The lowest BCUT2D eigenvalue weighted by atomic mass is 10.1. The third-order valence-electron chi connectivity index (χ3n) is 2.19. The maximum Gasteiger partial charge on any atom is 0.237 e. The van der Waals surface area contributed by atoms with Crippen molar-refractivity contribution in [3.8, 4) is 5.75 Å². The first-order valence-electron chi connectivity index (χ1n) is 5.56. The minimum Gasteiger partial charge on any atom is -0.486 e. The van der Waals surface area contributed by atoms with Crippen molar-refractivity contribution in [2.24, 2.45) is 0 Å². The molecule has 0 radical (unpaired) electrons. The molecule has 0 aliphatic heterocycles. The van der Waals surface area contributed by atoms with Gasteiger partial charge in [-0.1, -0.05) is 18.2 Å². The fourth-order valence-corrected chi connectivity index (χ4v) is 1.36. The van der Waals surface area contributed by atoms with Crippen LogP contribution in [0.3, 0.4) is 0 Å². The number of hydrogen-bond donors (Lipinski definition) is 1. The average molecular weight is 256 g/mol. The fourth-order valence-electron chi connectivity index (χ4n) is 1.28. The molecule has 0 spiro atoms. The van der Waals surface area contributed by atoms with Crippen LogP contribution in [0.4, 0.5) is 0 Å². The molecule has 1 atom stereocenters. The first-order chi connectivity index (χ1) is 7.91. The summed E-state index contributed by atoms with van der Waals surface area (Å²) in [6.07, 6.45) is 0. The van der Waals surface area contributed by atoms with E-state index in [1.54, 1.807) is 6.92 Å². The van der Waals surface area contributed by atoms with Crippen LogP contribution in [0.15, 0.2) is 30.3 Å². The Labute approximate surface area is 107 Å². The van der Waals surface area contributed by atoms with E-state index in [0.29, 0.717) is 6.54 Å². The van der Waals surface area contributed by atoms with Crippen molar-refractivity contribution in [1.82, 2.24) is 5.32 Å². The van der Waals surface area contributed by atoms with E-state index in [0.717, 1.165) is 5.75 Å². The number of benzene rings is 1. The molecule has 94 valence electrons. The van der Waals surface area contributed by atoms with E-state index >= 15 is 0 Å². The minimum atomic E-state index is -0.525. The molecule has 4 heteroatoms. The van der Waals surface area contributed by atoms with E-state index < -0.39 is 11.0 Å². The third-order valence-corrected chi connectivity index (χ3v) is 2.39. The quantitative estimate of drug-likeness (QED) is 0.822. The lowest BCUT2D eigenvalue weighted by Crippen LogP contribution is -2.44. The Kier molecular flexibility index (Phi) is 4.82. The van der Waals surface area contributed by atoms with Crippen molar-refractivity contribution < 1.29 is 9.53 Å². The number of nitrogens with one attached hydrogen (secondary N) is 1. The highest BCUT2D eigenvalue weighted by Gasteiger charge is 2.21. The Balaban J connectivity index is 2.49. The van der Waals surface area contributed by atoms with Crippen LogP contribution in [0.25, 0.3) is 0 Å². The highest BCUT2D eigenvalue weighted by Crippen LogP contribution is 2.16. The third kappa shape index (κ3) is 5.09. The summed E-state index contributed by atoms with van der Waals surface area (Å²) in [6, 6.07) is 9.51. The van der Waals surface area contributed by atoms with Gasteiger partial charge in [0, 0.05) is 0 Å². The van der Waals surface area contributed by atoms with Crippen LogP contribution in [-0.2, 0) is 4.79 Å². The van der Waals surface area contributed by atoms with Crippen molar-refractivity contribution in [3.05, 3.63) is 30.3 Å². The van der Waals surface area contributed by atoms with Crippen LogP contribution in [0, 0.1) is 0 Å². The number of carbonyl (C=O) groups excluding carboxylic acids is 1. The van der Waals surface area contributed by atoms with Gasteiger partial charge in [0.05, 0.1) is 6.54 Å². The van der Waals surface area contributed by atoms with E-state index in [2.05, 4.69) is 5.32 Å². The Hall–Kier alpha value is -1.22. The molecule has 0 heterocycles. The number of rotatable bonds is 5. The van der Waals surface area contributed by atoms with Crippen molar-refractivity contribution in [2.75, 3.05) is 6.54 Å². The summed E-state index contributed by atoms with van der Waals surface area (Å²) in [4.78, 5) is 11.3. The highest BCUT2D eigenvalue weighted by atomic mass is 35.5. The van der Waals surface area contributed by atoms with Gasteiger partial charge in [-0.2, -0.15) is 0 Å². The van der Waals surface area contributed by atoms with E-state index in [1.165, 1.54) is 0 Å². The number of alkyl halides is 1. The zero-order valence-corrected chi connectivity index (χ0v) is 11.1. The Morgan fingerprint density at radius 2 is 2.00 bits per heavy atom. The van der Waals surface area contributed by atoms with Crippen molar-refractivity contribution in [3.63, 3.8) is 0 Å². The maximum atomic E-state index is 11.3. The summed E-state index contributed by atoms with van der Waals surface area (Å²) < 4.78 is 5.77. The Morgan fingerprint density at radius 3 is 2.53 bits per heavy atom. The molecular formula is C13H18ClNO2. The van der Waals surface area contributed by atoms with Crippen LogP contribution in [0.1, 0.15) is 20.8 Å². The molecule has 1 unspecified atom stereocenters. The lowest BCUT2D eigenvalue weighted by Gasteiger charge is -2.27. The number of ether oxygens (including phenoxy) is 1. The first-order valence-corrected chi connectivity index (χ1v) is 6.00. The number of hydrogen-bond acceptors (Lipinski definition) is 2. The summed E-state index contributed by atoms with van der Waals surface area (Å²) in [5, 5.41) is 2.22. The van der Waals surface area contributed by atoms with E-state index in [-0.39, 0.29) is 5.91 Å². The first kappa shape index (κ1) is 13.8. The minimum absolute atomic E-state index is 0.184. The van der Waals surface area contributed by atoms with Gasteiger partial charge in [0.1, 0.15) is 16.7 Å². The second kappa shape index (κ2) is 5.92. The van der Waals surface area contributed by atoms with E-state index in [9.17, 15) is 4.79 Å². The molecule has 0 saturated heterocycles. The molecule has 0 fully saturated rings. The summed E-state index contributed by atoms with van der Waals surface area (Å²) in [7, 11) is 0. The SMILES string of the molecule is CC(Cl)C(=O)NCC(C)(C)Oc1ccccc1. The second-order valence-corrected chi connectivity index (χ2v) is 5.16. The number of halogens is 1. The lowest BCUT2D eigenvalue weighted by molar-refractivity contribution is -0.121. The topological polar surface area (TPSA) is 38.3 Å². The molecule has 17 heavy (non-hydrogen) atoms. The second-order valence-electron chi connectivity index (χ2n) is 4.51. The molecule has 1 rings (SSSR count). The Morgan fingerprint density at radius 1 is 1.41 bits per heavy atom. The molecular weight excluding hydrogens is 238 g/mol. The molecule has 1 N–H and O–H groups in total. The van der Waals surface area contributed by atoms with Gasteiger partial charge in [-0.25, -0.2) is 0 Å². The van der Waals surface area contributed by atoms with Crippen molar-refractivity contribution in [1.29, 1.82) is 0 Å². The van der Waals surface area contributed by atoms with Gasteiger partial charge in [0.15, 0.2) is 0 Å². The molecule has 0 saturated carbocycles. The molecule has 1 aromatic rings. The number of para-hydroxylation sites is 1. The predicted octanol–water partition coefficient (Wildman–Crippen LogP) is 2.59. The zero-order chi connectivity index (χ0) is 12.9. The summed E-state index contributed by atoms with van der Waals surface area (Å²) in [5.74, 6) is 0.599. The monoisotopic (exact) mass is 255 g/mol. The van der Waals surface area contributed by atoms with Gasteiger partial charge in [0.25, 0.3) is 0 Å². The van der Waals surface area contributed by atoms with Gasteiger partial charge >= 0.3 is 0 Å².